The molecule has 0 spiro atoms. The van der Waals surface area contributed by atoms with Gasteiger partial charge in [0.2, 0.25) is 11.7 Å². The first-order valence-corrected chi connectivity index (χ1v) is 6.41. The fraction of sp³-hybridized carbons (Fsp3) is 0.308. The van der Waals surface area contributed by atoms with Crippen LogP contribution in [0, 0.1) is 24.0 Å². The van der Waals surface area contributed by atoms with Gasteiger partial charge in [0.25, 0.3) is 0 Å². The van der Waals surface area contributed by atoms with Crippen LogP contribution in [0.25, 0.3) is 0 Å². The number of benzene rings is 1. The number of carbonyl (C=O) groups is 1. The van der Waals surface area contributed by atoms with E-state index in [2.05, 4.69) is 15.4 Å². The van der Waals surface area contributed by atoms with E-state index in [4.69, 9.17) is 4.74 Å². The lowest BCUT2D eigenvalue weighted by molar-refractivity contribution is -0.394. The van der Waals surface area contributed by atoms with Crippen molar-refractivity contribution in [3.05, 3.63) is 39.7 Å². The number of methoxy groups -OCH3 is 1. The number of ether oxygens (including phenoxy) is 1. The zero-order chi connectivity index (χ0) is 16.3. The molecule has 0 atom stereocenters. The van der Waals surface area contributed by atoms with Gasteiger partial charge in [0, 0.05) is 12.0 Å². The molecule has 1 aromatic heterocycles. The maximum absolute atomic E-state index is 12.1. The first kappa shape index (κ1) is 15.4. The van der Waals surface area contributed by atoms with Crippen molar-refractivity contribution in [3.63, 3.8) is 0 Å². The molecule has 0 aliphatic heterocycles. The van der Waals surface area contributed by atoms with Crippen molar-refractivity contribution in [2.24, 2.45) is 0 Å². The van der Waals surface area contributed by atoms with Crippen molar-refractivity contribution in [1.29, 1.82) is 0 Å². The van der Waals surface area contributed by atoms with Gasteiger partial charge in [-0.2, -0.15) is 4.68 Å². The Balaban J connectivity index is 2.14. The highest BCUT2D eigenvalue weighted by molar-refractivity contribution is 5.92. The fourth-order valence-corrected chi connectivity index (χ4v) is 1.88. The number of hydrogen-bond donors (Lipinski definition) is 1. The Bertz CT molecular complexity index is 725. The molecule has 9 heteroatoms. The summed E-state index contributed by atoms with van der Waals surface area (Å²) >= 11 is 0. The lowest BCUT2D eigenvalue weighted by atomic mass is 10.2. The van der Waals surface area contributed by atoms with E-state index >= 15 is 0 Å². The summed E-state index contributed by atoms with van der Waals surface area (Å²) in [5.41, 5.74) is 1.49. The van der Waals surface area contributed by atoms with Crippen LogP contribution in [0.1, 0.15) is 11.4 Å². The Hall–Kier alpha value is -2.97. The lowest BCUT2D eigenvalue weighted by Crippen LogP contribution is -2.20. The monoisotopic (exact) mass is 305 g/mol. The molecule has 1 aromatic carbocycles. The van der Waals surface area contributed by atoms with Gasteiger partial charge < -0.3 is 20.2 Å². The van der Waals surface area contributed by atoms with Gasteiger partial charge in [-0.25, -0.2) is 0 Å². The van der Waals surface area contributed by atoms with Crippen LogP contribution in [-0.4, -0.2) is 32.7 Å². The van der Waals surface area contributed by atoms with Gasteiger partial charge in [0.05, 0.1) is 12.8 Å². The summed E-state index contributed by atoms with van der Waals surface area (Å²) in [7, 11) is 1.51. The van der Waals surface area contributed by atoms with E-state index < -0.39 is 10.9 Å². The molecule has 2 aromatic rings. The SMILES string of the molecule is COc1ccc(C)cc1NC(=O)Cn1nc([N+](=O)[O-])nc1C. The average molecular weight is 305 g/mol. The van der Waals surface area contributed by atoms with Crippen LogP contribution >= 0.6 is 0 Å². The topological polar surface area (TPSA) is 112 Å². The van der Waals surface area contributed by atoms with E-state index in [0.717, 1.165) is 5.56 Å². The summed E-state index contributed by atoms with van der Waals surface area (Å²) in [6.07, 6.45) is 0. The number of nitrogens with one attached hydrogen (secondary N) is 1. The number of nitrogens with zero attached hydrogens (tertiary/aromatic N) is 4. The number of anilines is 1. The van der Waals surface area contributed by atoms with Crippen LogP contribution in [0.2, 0.25) is 0 Å². The highest BCUT2D eigenvalue weighted by atomic mass is 16.6. The summed E-state index contributed by atoms with van der Waals surface area (Å²) in [6.45, 7) is 3.25. The number of aromatic nitrogens is 3. The van der Waals surface area contributed by atoms with Gasteiger partial charge in [-0.15, -0.1) is 0 Å². The van der Waals surface area contributed by atoms with Crippen molar-refractivity contribution in [3.8, 4) is 5.75 Å². The van der Waals surface area contributed by atoms with E-state index in [1.54, 1.807) is 19.1 Å². The molecule has 0 unspecified atom stereocenters. The predicted octanol–water partition coefficient (Wildman–Crippen LogP) is 1.45. The number of carbonyl (C=O) groups excluding carboxylic acids is 1. The maximum atomic E-state index is 12.1. The Labute approximate surface area is 126 Å². The smallest absolute Gasteiger partial charge is 0.491 e. The molecule has 1 amide bonds. The number of hydrogen-bond acceptors (Lipinski definition) is 6. The summed E-state index contributed by atoms with van der Waals surface area (Å²) in [5.74, 6) is -0.0939. The minimum absolute atomic E-state index is 0.177. The van der Waals surface area contributed by atoms with Crippen molar-refractivity contribution in [1.82, 2.24) is 14.8 Å². The molecule has 0 aliphatic rings. The quantitative estimate of drug-likeness (QED) is 0.661. The van der Waals surface area contributed by atoms with Crippen molar-refractivity contribution < 1.29 is 14.5 Å². The molecule has 0 saturated heterocycles. The molecular weight excluding hydrogens is 290 g/mol. The van der Waals surface area contributed by atoms with Crippen LogP contribution < -0.4 is 10.1 Å². The van der Waals surface area contributed by atoms with Crippen molar-refractivity contribution in [2.75, 3.05) is 12.4 Å². The van der Waals surface area contributed by atoms with Crippen molar-refractivity contribution in [2.45, 2.75) is 20.4 Å². The molecule has 0 saturated carbocycles. The molecule has 2 rings (SSSR count). The van der Waals surface area contributed by atoms with E-state index in [-0.39, 0.29) is 18.3 Å². The molecule has 0 bridgehead atoms. The Kier molecular flexibility index (Phi) is 4.35. The third kappa shape index (κ3) is 3.37. The van der Waals surface area contributed by atoms with Crippen LogP contribution in [0.4, 0.5) is 11.6 Å². The molecule has 0 radical (unpaired) electrons. The van der Waals surface area contributed by atoms with Gasteiger partial charge in [0.1, 0.15) is 12.3 Å². The largest absolute Gasteiger partial charge is 0.495 e. The van der Waals surface area contributed by atoms with Crippen LogP contribution in [0.15, 0.2) is 18.2 Å². The van der Waals surface area contributed by atoms with E-state index in [9.17, 15) is 14.9 Å². The minimum atomic E-state index is -0.703. The van der Waals surface area contributed by atoms with E-state index in [0.29, 0.717) is 11.4 Å². The van der Waals surface area contributed by atoms with Crippen LogP contribution in [0.3, 0.4) is 0 Å². The maximum Gasteiger partial charge on any atom is 0.491 e. The molecular formula is C13H15N5O4. The van der Waals surface area contributed by atoms with Crippen LogP contribution in [0.5, 0.6) is 5.75 Å². The highest BCUT2D eigenvalue weighted by Crippen LogP contribution is 2.25. The van der Waals surface area contributed by atoms with Gasteiger partial charge in [-0.3, -0.25) is 4.79 Å². The number of rotatable bonds is 5. The Morgan fingerprint density at radius 1 is 1.45 bits per heavy atom. The number of nitro groups is 1. The molecule has 1 heterocycles. The zero-order valence-electron chi connectivity index (χ0n) is 12.4. The van der Waals surface area contributed by atoms with Gasteiger partial charge in [-0.05, 0) is 34.5 Å². The predicted molar refractivity (Wildman–Crippen MR) is 77.8 cm³/mol. The molecule has 116 valence electrons. The number of aryl methyl sites for hydroxylation is 2. The zero-order valence-corrected chi connectivity index (χ0v) is 12.4. The van der Waals surface area contributed by atoms with E-state index in [1.807, 2.05) is 13.0 Å². The highest BCUT2D eigenvalue weighted by Gasteiger charge is 2.20. The lowest BCUT2D eigenvalue weighted by Gasteiger charge is -2.10. The Morgan fingerprint density at radius 2 is 2.18 bits per heavy atom. The molecule has 0 fully saturated rings. The van der Waals surface area contributed by atoms with Crippen molar-refractivity contribution >= 4 is 17.5 Å². The second-order valence-corrected chi connectivity index (χ2v) is 4.63. The second kappa shape index (κ2) is 6.20. The summed E-state index contributed by atoms with van der Waals surface area (Å²) in [5, 5.41) is 17.0. The van der Waals surface area contributed by atoms with Crippen LogP contribution in [-0.2, 0) is 11.3 Å². The minimum Gasteiger partial charge on any atom is -0.495 e. The van der Waals surface area contributed by atoms with Gasteiger partial charge >= 0.3 is 5.95 Å². The fourth-order valence-electron chi connectivity index (χ4n) is 1.88. The van der Waals surface area contributed by atoms with Gasteiger partial charge in [-0.1, -0.05) is 6.07 Å². The van der Waals surface area contributed by atoms with E-state index in [1.165, 1.54) is 11.8 Å². The molecule has 9 nitrogen and oxygen atoms in total. The first-order chi connectivity index (χ1) is 10.4. The average Bonchev–Trinajstić information content (AvgIpc) is 2.80. The summed E-state index contributed by atoms with van der Waals surface area (Å²) in [4.78, 5) is 25.6. The van der Waals surface area contributed by atoms with Gasteiger partial charge in [0.15, 0.2) is 0 Å². The number of amides is 1. The third-order valence-electron chi connectivity index (χ3n) is 2.93. The molecule has 1 N–H and O–H groups in total. The third-order valence-corrected chi connectivity index (χ3v) is 2.93. The first-order valence-electron chi connectivity index (χ1n) is 6.41. The normalized spacial score (nSPS) is 10.3. The summed E-state index contributed by atoms with van der Waals surface area (Å²) in [6, 6.07) is 5.38. The second-order valence-electron chi connectivity index (χ2n) is 4.63. The standard InChI is InChI=1S/C13H15N5O4/c1-8-4-5-11(22-3)10(6-8)15-12(19)7-17-9(2)14-13(16-17)18(20)21/h4-6H,7H2,1-3H3,(H,15,19). The molecule has 22 heavy (non-hydrogen) atoms. The summed E-state index contributed by atoms with van der Waals surface area (Å²) < 4.78 is 6.35. The molecule has 0 aliphatic carbocycles. The Morgan fingerprint density at radius 3 is 2.77 bits per heavy atom.